The van der Waals surface area contributed by atoms with Gasteiger partial charge in [0, 0.05) is 11.1 Å². The van der Waals surface area contributed by atoms with Crippen LogP contribution in [0.15, 0.2) is 58.4 Å². The molecule has 0 saturated carbocycles. The highest BCUT2D eigenvalue weighted by atomic mass is 32.2. The van der Waals surface area contributed by atoms with Gasteiger partial charge in [0.05, 0.1) is 10.6 Å². The highest BCUT2D eigenvalue weighted by Gasteiger charge is 2.25. The van der Waals surface area contributed by atoms with E-state index in [2.05, 4.69) is 10.3 Å². The number of para-hydroxylation sites is 1. The Bertz CT molecular complexity index is 1060. The summed E-state index contributed by atoms with van der Waals surface area (Å²) in [5, 5.41) is 12.3. The molecule has 1 fully saturated rings. The van der Waals surface area contributed by atoms with E-state index in [1.165, 1.54) is 6.92 Å². The Balaban J connectivity index is 1.84. The van der Waals surface area contributed by atoms with Gasteiger partial charge in [0.2, 0.25) is 0 Å². The first-order chi connectivity index (χ1) is 14.4. The lowest BCUT2D eigenvalue weighted by Crippen LogP contribution is -2.26. The van der Waals surface area contributed by atoms with Crippen LogP contribution in [-0.4, -0.2) is 34.0 Å². The molecule has 1 heterocycles. The van der Waals surface area contributed by atoms with Crippen LogP contribution in [0.1, 0.15) is 36.2 Å². The zero-order valence-corrected chi connectivity index (χ0v) is 17.2. The fourth-order valence-electron chi connectivity index (χ4n) is 2.70. The van der Waals surface area contributed by atoms with E-state index in [-0.39, 0.29) is 11.7 Å². The molecular weight excluding hydrogens is 404 g/mol. The third-order valence-corrected chi connectivity index (χ3v) is 5.17. The number of Topliss-reactive ketones (excluding diaryl/α,β-unsaturated/α-hetero) is 1. The van der Waals surface area contributed by atoms with Crippen LogP contribution in [-0.2, 0) is 9.59 Å². The average molecular weight is 424 g/mol. The zero-order chi connectivity index (χ0) is 21.7. The molecule has 0 radical (unpaired) electrons. The Kier molecular flexibility index (Phi) is 6.68. The molecule has 1 unspecified atom stereocenters. The van der Waals surface area contributed by atoms with Gasteiger partial charge >= 0.3 is 5.97 Å². The van der Waals surface area contributed by atoms with Gasteiger partial charge in [0.25, 0.3) is 5.91 Å². The van der Waals surface area contributed by atoms with Crippen LogP contribution in [0.4, 0.5) is 5.69 Å². The molecule has 154 valence electrons. The number of aliphatic carboxylic acids is 1. The van der Waals surface area contributed by atoms with Crippen LogP contribution in [0.3, 0.4) is 0 Å². The number of ether oxygens (including phenoxy) is 1. The maximum Gasteiger partial charge on any atom is 0.344 e. The number of carboxylic acids is 1. The molecule has 2 aromatic carbocycles. The summed E-state index contributed by atoms with van der Waals surface area (Å²) in [6.45, 7) is 3.20. The monoisotopic (exact) mass is 424 g/mol. The summed E-state index contributed by atoms with van der Waals surface area (Å²) in [4.78, 5) is 40.0. The van der Waals surface area contributed by atoms with Gasteiger partial charge in [-0.2, -0.15) is 0 Å². The molecule has 1 aliphatic heterocycles. The summed E-state index contributed by atoms with van der Waals surface area (Å²) in [6.07, 6.45) is 0.976. The van der Waals surface area contributed by atoms with Crippen LogP contribution in [0.25, 0.3) is 6.08 Å². The van der Waals surface area contributed by atoms with Gasteiger partial charge in [-0.05, 0) is 49.4 Å². The highest BCUT2D eigenvalue weighted by Crippen LogP contribution is 2.31. The summed E-state index contributed by atoms with van der Waals surface area (Å²) in [5.74, 6) is -1.05. The van der Waals surface area contributed by atoms with E-state index in [1.807, 2.05) is 0 Å². The first-order valence-corrected chi connectivity index (χ1v) is 10.1. The molecule has 8 heteroatoms. The van der Waals surface area contributed by atoms with Gasteiger partial charge in [-0.15, -0.1) is 0 Å². The van der Waals surface area contributed by atoms with E-state index in [4.69, 9.17) is 4.74 Å². The van der Waals surface area contributed by atoms with E-state index in [0.29, 0.717) is 39.1 Å². The van der Waals surface area contributed by atoms with Crippen molar-refractivity contribution in [2.24, 2.45) is 4.99 Å². The van der Waals surface area contributed by atoms with E-state index >= 15 is 0 Å². The Morgan fingerprint density at radius 2 is 2.00 bits per heavy atom. The molecular formula is C22H20N2O5S. The number of benzene rings is 2. The minimum atomic E-state index is -1.05. The molecule has 1 aliphatic rings. The standard InChI is InChI=1S/C22H20N2O5S/c1-3-17(21(27)28)29-18-10-5-4-7-15(18)12-19-20(26)24-22(30-19)23-16-9-6-8-14(11-16)13(2)25/h4-12,17H,3H2,1-2H3,(H,27,28)(H,23,24,26)/b19-12+. The molecule has 3 rings (SSSR count). The topological polar surface area (TPSA) is 105 Å². The van der Waals surface area contributed by atoms with Crippen molar-refractivity contribution in [2.75, 3.05) is 0 Å². The maximum absolute atomic E-state index is 12.4. The smallest absolute Gasteiger partial charge is 0.344 e. The number of nitrogens with zero attached hydrogens (tertiary/aromatic N) is 1. The first kappa shape index (κ1) is 21.3. The number of thioether (sulfide) groups is 1. The van der Waals surface area contributed by atoms with Crippen molar-refractivity contribution in [3.05, 3.63) is 64.6 Å². The summed E-state index contributed by atoms with van der Waals surface area (Å²) >= 11 is 1.16. The van der Waals surface area contributed by atoms with Crippen LogP contribution in [0.5, 0.6) is 5.75 Å². The van der Waals surface area contributed by atoms with E-state index in [0.717, 1.165) is 11.8 Å². The number of carbonyl (C=O) groups is 3. The van der Waals surface area contributed by atoms with Gasteiger partial charge < -0.3 is 15.2 Å². The molecule has 0 aromatic heterocycles. The fraction of sp³-hybridized carbons (Fsp3) is 0.182. The number of rotatable bonds is 7. The number of hydrogen-bond donors (Lipinski definition) is 2. The second-order valence-electron chi connectivity index (χ2n) is 6.48. The molecule has 2 aromatic rings. The number of carbonyl (C=O) groups excluding carboxylic acids is 2. The van der Waals surface area contributed by atoms with Crippen LogP contribution < -0.4 is 10.1 Å². The number of amides is 1. The fourth-order valence-corrected chi connectivity index (χ4v) is 3.53. The maximum atomic E-state index is 12.4. The normalized spacial score (nSPS) is 17.1. The van der Waals surface area contributed by atoms with E-state index in [1.54, 1.807) is 61.5 Å². The molecule has 1 saturated heterocycles. The molecule has 0 bridgehead atoms. The Hall–Kier alpha value is -3.39. The van der Waals surface area contributed by atoms with Crippen molar-refractivity contribution in [1.82, 2.24) is 5.32 Å². The van der Waals surface area contributed by atoms with Crippen LogP contribution in [0, 0.1) is 0 Å². The highest BCUT2D eigenvalue weighted by molar-refractivity contribution is 8.18. The molecule has 1 amide bonds. The third-order valence-electron chi connectivity index (χ3n) is 4.26. The van der Waals surface area contributed by atoms with E-state index in [9.17, 15) is 19.5 Å². The first-order valence-electron chi connectivity index (χ1n) is 9.26. The molecule has 0 aliphatic carbocycles. The van der Waals surface area contributed by atoms with Crippen molar-refractivity contribution in [3.63, 3.8) is 0 Å². The lowest BCUT2D eigenvalue weighted by Gasteiger charge is -2.15. The van der Waals surface area contributed by atoms with Crippen molar-refractivity contribution >= 4 is 46.4 Å². The molecule has 30 heavy (non-hydrogen) atoms. The summed E-state index contributed by atoms with van der Waals surface area (Å²) in [6, 6.07) is 13.8. The number of ketones is 1. The molecule has 1 atom stereocenters. The van der Waals surface area contributed by atoms with Crippen molar-refractivity contribution in [3.8, 4) is 5.75 Å². The molecule has 7 nitrogen and oxygen atoms in total. The van der Waals surface area contributed by atoms with Crippen molar-refractivity contribution < 1.29 is 24.2 Å². The third kappa shape index (κ3) is 5.15. The van der Waals surface area contributed by atoms with Crippen LogP contribution >= 0.6 is 11.8 Å². The SMILES string of the molecule is CCC(Oc1ccccc1/C=C1/SC(=Nc2cccc(C(C)=O)c2)NC1=O)C(=O)O. The summed E-state index contributed by atoms with van der Waals surface area (Å²) < 4.78 is 5.61. The molecule has 2 N–H and O–H groups in total. The number of amidine groups is 1. The summed E-state index contributed by atoms with van der Waals surface area (Å²) in [7, 11) is 0. The number of nitrogens with one attached hydrogen (secondary N) is 1. The van der Waals surface area contributed by atoms with Gasteiger partial charge in [0.1, 0.15) is 5.75 Å². The van der Waals surface area contributed by atoms with Crippen LogP contribution in [0.2, 0.25) is 0 Å². The van der Waals surface area contributed by atoms with Gasteiger partial charge in [-0.25, -0.2) is 9.79 Å². The lowest BCUT2D eigenvalue weighted by atomic mass is 10.1. The number of aliphatic imine (C=N–C) groups is 1. The van der Waals surface area contributed by atoms with E-state index < -0.39 is 12.1 Å². The van der Waals surface area contributed by atoms with Crippen molar-refractivity contribution in [2.45, 2.75) is 26.4 Å². The van der Waals surface area contributed by atoms with Gasteiger partial charge in [-0.3, -0.25) is 9.59 Å². The lowest BCUT2D eigenvalue weighted by molar-refractivity contribution is -0.145. The second kappa shape index (κ2) is 9.41. The predicted molar refractivity (Wildman–Crippen MR) is 116 cm³/mol. The predicted octanol–water partition coefficient (Wildman–Crippen LogP) is 4.02. The second-order valence-corrected chi connectivity index (χ2v) is 7.51. The Labute approximate surface area is 177 Å². The summed E-state index contributed by atoms with van der Waals surface area (Å²) in [5.41, 5.74) is 1.69. The minimum absolute atomic E-state index is 0.0657. The zero-order valence-electron chi connectivity index (χ0n) is 16.4. The molecule has 0 spiro atoms. The van der Waals surface area contributed by atoms with Gasteiger partial charge in [-0.1, -0.05) is 37.3 Å². The minimum Gasteiger partial charge on any atom is -0.479 e. The average Bonchev–Trinajstić information content (AvgIpc) is 3.05. The quantitative estimate of drug-likeness (QED) is 0.514. The van der Waals surface area contributed by atoms with Gasteiger partial charge in [0.15, 0.2) is 17.1 Å². The Morgan fingerprint density at radius 3 is 2.70 bits per heavy atom. The largest absolute Gasteiger partial charge is 0.479 e. The van der Waals surface area contributed by atoms with Crippen molar-refractivity contribution in [1.29, 1.82) is 0 Å². The number of hydrogen-bond acceptors (Lipinski definition) is 6. The number of carboxylic acid groups (broad SMARTS) is 1. The Morgan fingerprint density at radius 1 is 1.23 bits per heavy atom.